The van der Waals surface area contributed by atoms with E-state index in [-0.39, 0.29) is 30.5 Å². The van der Waals surface area contributed by atoms with E-state index in [1.807, 2.05) is 6.07 Å². The number of ether oxygens (including phenoxy) is 5. The van der Waals surface area contributed by atoms with Crippen molar-refractivity contribution in [1.82, 2.24) is 5.32 Å². The van der Waals surface area contributed by atoms with Crippen LogP contribution in [0.25, 0.3) is 0 Å². The van der Waals surface area contributed by atoms with Gasteiger partial charge in [0.1, 0.15) is 30.5 Å². The predicted molar refractivity (Wildman–Crippen MR) is 188 cm³/mol. The lowest BCUT2D eigenvalue weighted by Crippen LogP contribution is -2.58. The molecule has 2 aromatic rings. The zero-order valence-electron chi connectivity index (χ0n) is 28.9. The van der Waals surface area contributed by atoms with E-state index in [9.17, 15) is 0 Å². The second kappa shape index (κ2) is 20.8. The molecule has 2 aliphatic rings. The van der Waals surface area contributed by atoms with Crippen LogP contribution in [0.5, 0.6) is 0 Å². The zero-order chi connectivity index (χ0) is 32.6. The van der Waals surface area contributed by atoms with Crippen molar-refractivity contribution in [3.05, 3.63) is 69.7 Å². The van der Waals surface area contributed by atoms with Gasteiger partial charge >= 0.3 is 0 Å². The monoisotopic (exact) mass is 657 g/mol. The molecule has 7 heteroatoms. The molecule has 6 nitrogen and oxygen atoms in total. The molecule has 1 saturated heterocycles. The van der Waals surface area contributed by atoms with Gasteiger partial charge in [-0.2, -0.15) is 0 Å². The third kappa shape index (κ3) is 11.9. The second-order valence-electron chi connectivity index (χ2n) is 13.1. The molecule has 2 aromatic carbocycles. The number of unbranched alkanes of at least 4 members (excludes halogenated alkanes) is 4. The Morgan fingerprint density at radius 2 is 1.30 bits per heavy atom. The molecule has 1 heterocycles. The summed E-state index contributed by atoms with van der Waals surface area (Å²) in [5.74, 6) is 0. The average molecular weight is 658 g/mol. The summed E-state index contributed by atoms with van der Waals surface area (Å²) < 4.78 is 33.1. The van der Waals surface area contributed by atoms with Gasteiger partial charge in [0.25, 0.3) is 0 Å². The van der Waals surface area contributed by atoms with Crippen molar-refractivity contribution < 1.29 is 23.7 Å². The van der Waals surface area contributed by atoms with Crippen LogP contribution >= 0.6 is 11.6 Å². The largest absolute Gasteiger partial charge is 0.379 e. The van der Waals surface area contributed by atoms with Crippen LogP contribution in [-0.4, -0.2) is 63.5 Å². The summed E-state index contributed by atoms with van der Waals surface area (Å²) in [4.78, 5) is 0. The minimum Gasteiger partial charge on any atom is -0.379 e. The van der Waals surface area contributed by atoms with E-state index in [4.69, 9.17) is 35.3 Å². The summed E-state index contributed by atoms with van der Waals surface area (Å²) in [6.45, 7) is 12.8. The third-order valence-corrected chi connectivity index (χ3v) is 9.34. The molecule has 4 rings (SSSR count). The van der Waals surface area contributed by atoms with E-state index in [1.165, 1.54) is 24.0 Å². The average Bonchev–Trinajstić information content (AvgIpc) is 3.90. The fraction of sp³-hybridized carbons (Fsp3) is 0.692. The number of nitrogens with one attached hydrogen (secondary N) is 1. The maximum atomic E-state index is 6.98. The maximum Gasteiger partial charge on any atom is 0.117 e. The molecule has 1 aliphatic carbocycles. The minimum absolute atomic E-state index is 0.269. The number of hydrogen-bond acceptors (Lipinski definition) is 6. The fourth-order valence-electron chi connectivity index (χ4n) is 5.88. The summed E-state index contributed by atoms with van der Waals surface area (Å²) in [6.07, 6.45) is 10.2. The van der Waals surface area contributed by atoms with Crippen molar-refractivity contribution in [2.45, 2.75) is 141 Å². The predicted octanol–water partition coefficient (Wildman–Crippen LogP) is 9.00. The summed E-state index contributed by atoms with van der Waals surface area (Å²) in [6, 6.07) is 15.9. The molecule has 1 N–H and O–H groups in total. The zero-order valence-corrected chi connectivity index (χ0v) is 29.7. The normalized spacial score (nSPS) is 23.2. The van der Waals surface area contributed by atoms with Gasteiger partial charge in [-0.25, -0.2) is 0 Å². The van der Waals surface area contributed by atoms with E-state index < -0.39 is 0 Å². The summed E-state index contributed by atoms with van der Waals surface area (Å²) in [7, 11) is 0. The first-order chi connectivity index (χ1) is 22.6. The molecule has 0 unspecified atom stereocenters. The first-order valence-electron chi connectivity index (χ1n) is 18.2. The van der Waals surface area contributed by atoms with Gasteiger partial charge in [0.15, 0.2) is 0 Å². The van der Waals surface area contributed by atoms with Crippen LogP contribution in [0.1, 0.15) is 120 Å². The number of halogens is 1. The van der Waals surface area contributed by atoms with Crippen molar-refractivity contribution in [2.75, 3.05) is 33.0 Å². The highest BCUT2D eigenvalue weighted by Crippen LogP contribution is 2.39. The highest BCUT2D eigenvalue weighted by atomic mass is 35.5. The molecule has 0 radical (unpaired) electrons. The van der Waals surface area contributed by atoms with Crippen molar-refractivity contribution in [2.24, 2.45) is 0 Å². The van der Waals surface area contributed by atoms with E-state index in [1.54, 1.807) is 0 Å². The first kappa shape index (κ1) is 37.3. The van der Waals surface area contributed by atoms with Crippen LogP contribution in [0, 0.1) is 0 Å². The van der Waals surface area contributed by atoms with Crippen LogP contribution in [0.3, 0.4) is 0 Å². The van der Waals surface area contributed by atoms with Crippen molar-refractivity contribution in [1.29, 1.82) is 0 Å². The van der Waals surface area contributed by atoms with Gasteiger partial charge in [0.05, 0.1) is 6.61 Å². The smallest absolute Gasteiger partial charge is 0.117 e. The molecule has 1 aliphatic heterocycles. The van der Waals surface area contributed by atoms with E-state index in [2.05, 4.69) is 69.4 Å². The van der Waals surface area contributed by atoms with E-state index in [0.29, 0.717) is 39.1 Å². The lowest BCUT2D eigenvalue weighted by atomic mass is 9.89. The molecule has 5 atom stereocenters. The molecule has 258 valence electrons. The standard InChI is InChI=1S/C39H60ClNO5/c1-5-9-21-42-28-35-37(43-22-10-6-2)39(45-24-12-8-4)38(44-23-11-7-3)36(46-35)31-17-20-34(40)32(26-31)25-29-13-15-30(16-14-29)27-41-33-18-19-33/h13-17,20,26,33,35-39,41H,5-12,18-19,21-25,27-28H2,1-4H3/t35-,36+,37-,38+,39+/m1/s1. The Kier molecular flexibility index (Phi) is 16.8. The van der Waals surface area contributed by atoms with Gasteiger partial charge in [-0.1, -0.05) is 101 Å². The molecular weight excluding hydrogens is 598 g/mol. The Morgan fingerprint density at radius 1 is 0.717 bits per heavy atom. The first-order valence-corrected chi connectivity index (χ1v) is 18.6. The summed E-state index contributed by atoms with van der Waals surface area (Å²) in [5, 5.41) is 4.36. The fourth-order valence-corrected chi connectivity index (χ4v) is 6.06. The molecule has 0 bridgehead atoms. The van der Waals surface area contributed by atoms with Crippen LogP contribution in [0.15, 0.2) is 42.5 Å². The third-order valence-electron chi connectivity index (χ3n) is 8.97. The lowest BCUT2D eigenvalue weighted by Gasteiger charge is -2.46. The molecule has 0 aromatic heterocycles. The number of rotatable bonds is 23. The highest BCUT2D eigenvalue weighted by molar-refractivity contribution is 6.31. The Labute approximate surface area is 284 Å². The van der Waals surface area contributed by atoms with Crippen LogP contribution in [-0.2, 0) is 36.6 Å². The Bertz CT molecular complexity index is 1110. The maximum absolute atomic E-state index is 6.98. The number of benzene rings is 2. The van der Waals surface area contributed by atoms with Crippen molar-refractivity contribution in [3.8, 4) is 0 Å². The highest BCUT2D eigenvalue weighted by Gasteiger charge is 2.48. The Morgan fingerprint density at radius 3 is 1.93 bits per heavy atom. The van der Waals surface area contributed by atoms with Crippen LogP contribution < -0.4 is 5.32 Å². The van der Waals surface area contributed by atoms with Gasteiger partial charge in [-0.05, 0) is 73.3 Å². The molecule has 0 spiro atoms. The molecule has 2 fully saturated rings. The van der Waals surface area contributed by atoms with Gasteiger partial charge in [-0.15, -0.1) is 0 Å². The van der Waals surface area contributed by atoms with Gasteiger partial charge < -0.3 is 29.0 Å². The molecule has 0 amide bonds. The van der Waals surface area contributed by atoms with Crippen LogP contribution in [0.4, 0.5) is 0 Å². The number of hydrogen-bond donors (Lipinski definition) is 1. The Hall–Kier alpha value is -1.51. The van der Waals surface area contributed by atoms with Gasteiger partial charge in [0.2, 0.25) is 0 Å². The van der Waals surface area contributed by atoms with Crippen LogP contribution in [0.2, 0.25) is 5.02 Å². The topological polar surface area (TPSA) is 58.2 Å². The van der Waals surface area contributed by atoms with E-state index in [0.717, 1.165) is 80.5 Å². The van der Waals surface area contributed by atoms with Crippen molar-refractivity contribution in [3.63, 3.8) is 0 Å². The van der Waals surface area contributed by atoms with Gasteiger partial charge in [0, 0.05) is 44.0 Å². The summed E-state index contributed by atoms with van der Waals surface area (Å²) in [5.41, 5.74) is 4.69. The SMILES string of the molecule is CCCCOC[C@H]1O[C@@H](c2ccc(Cl)c(Cc3ccc(CNC4CC4)cc3)c2)[C@H](OCCCC)[C@@H](OCCCC)[C@@H]1OCCCC. The lowest BCUT2D eigenvalue weighted by molar-refractivity contribution is -0.268. The van der Waals surface area contributed by atoms with Crippen molar-refractivity contribution >= 4 is 11.6 Å². The quantitative estimate of drug-likeness (QED) is 0.120. The second-order valence-corrected chi connectivity index (χ2v) is 13.5. The molecular formula is C39H60ClNO5. The summed E-state index contributed by atoms with van der Waals surface area (Å²) >= 11 is 6.83. The minimum atomic E-state index is -0.332. The van der Waals surface area contributed by atoms with Gasteiger partial charge in [-0.3, -0.25) is 0 Å². The molecule has 46 heavy (non-hydrogen) atoms. The Balaban J connectivity index is 1.60. The molecule has 1 saturated carbocycles. The van der Waals surface area contributed by atoms with E-state index >= 15 is 0 Å².